The molecule has 1 fully saturated rings. The number of hydrogen-bond donors (Lipinski definition) is 4. The summed E-state index contributed by atoms with van der Waals surface area (Å²) in [5.41, 5.74) is 2.03. The van der Waals surface area contributed by atoms with Crippen molar-refractivity contribution < 1.29 is 18.6 Å². The molecule has 33 heavy (non-hydrogen) atoms. The monoisotopic (exact) mass is 477 g/mol. The smallest absolute Gasteiger partial charge is 0.319 e. The molecule has 0 aliphatic carbocycles. The minimum atomic E-state index is -2.83. The van der Waals surface area contributed by atoms with Crippen molar-refractivity contribution in [2.45, 2.75) is 51.2 Å². The van der Waals surface area contributed by atoms with Crippen LogP contribution in [0, 0.1) is 0 Å². The van der Waals surface area contributed by atoms with E-state index in [4.69, 9.17) is 9.72 Å². The van der Waals surface area contributed by atoms with Gasteiger partial charge in [0.1, 0.15) is 5.82 Å². The second-order valence-corrected chi connectivity index (χ2v) is 11.2. The number of hydrogen-bond acceptors (Lipinski definition) is 7. The fourth-order valence-electron chi connectivity index (χ4n) is 3.40. The SMILES string of the molecule is CCCNC(=O)Nc1ccc(-c2nc(CS(O)(O)C(C)C)cc(N3CCOC[C@@H]3C)n2)cc1. The second-order valence-electron chi connectivity index (χ2n) is 8.53. The molecule has 1 atom stereocenters. The molecule has 2 heterocycles. The molecule has 2 aromatic rings. The van der Waals surface area contributed by atoms with E-state index >= 15 is 0 Å². The number of anilines is 2. The number of nitrogens with zero attached hydrogens (tertiary/aromatic N) is 3. The molecule has 1 aliphatic rings. The zero-order valence-electron chi connectivity index (χ0n) is 19.7. The summed E-state index contributed by atoms with van der Waals surface area (Å²) in [6.07, 6.45) is 0.867. The highest BCUT2D eigenvalue weighted by Gasteiger charge is 2.24. The number of morpholine rings is 1. The van der Waals surface area contributed by atoms with Gasteiger partial charge in [-0.25, -0.2) is 14.8 Å². The van der Waals surface area contributed by atoms with Crippen molar-refractivity contribution in [2.24, 2.45) is 0 Å². The van der Waals surface area contributed by atoms with Gasteiger partial charge in [0.15, 0.2) is 5.82 Å². The first kappa shape index (κ1) is 25.2. The average Bonchev–Trinajstić information content (AvgIpc) is 2.78. The van der Waals surface area contributed by atoms with E-state index in [1.807, 2.05) is 25.1 Å². The van der Waals surface area contributed by atoms with Gasteiger partial charge in [0.2, 0.25) is 0 Å². The van der Waals surface area contributed by atoms with Crippen LogP contribution < -0.4 is 15.5 Å². The van der Waals surface area contributed by atoms with Gasteiger partial charge in [0, 0.05) is 35.7 Å². The van der Waals surface area contributed by atoms with E-state index in [0.29, 0.717) is 43.5 Å². The van der Waals surface area contributed by atoms with Crippen LogP contribution in [0.15, 0.2) is 30.3 Å². The quantitative estimate of drug-likeness (QED) is 0.440. The lowest BCUT2D eigenvalue weighted by Crippen LogP contribution is -2.44. The van der Waals surface area contributed by atoms with Crippen LogP contribution in [0.25, 0.3) is 11.4 Å². The maximum Gasteiger partial charge on any atom is 0.319 e. The van der Waals surface area contributed by atoms with Crippen LogP contribution >= 0.6 is 10.6 Å². The fraction of sp³-hybridized carbons (Fsp3) is 0.522. The molecule has 2 amide bonds. The Labute approximate surface area is 197 Å². The maximum atomic E-state index is 11.9. The third-order valence-corrected chi connectivity index (χ3v) is 7.71. The third kappa shape index (κ3) is 6.80. The van der Waals surface area contributed by atoms with E-state index < -0.39 is 10.6 Å². The van der Waals surface area contributed by atoms with E-state index in [1.165, 1.54) is 0 Å². The van der Waals surface area contributed by atoms with Crippen LogP contribution in [0.1, 0.15) is 39.8 Å². The number of nitrogens with one attached hydrogen (secondary N) is 2. The van der Waals surface area contributed by atoms with Gasteiger partial charge in [-0.05, 0) is 51.5 Å². The number of benzene rings is 1. The summed E-state index contributed by atoms with van der Waals surface area (Å²) < 4.78 is 26.6. The van der Waals surface area contributed by atoms with Gasteiger partial charge < -0.3 is 20.3 Å². The Hall–Kier alpha value is -2.40. The van der Waals surface area contributed by atoms with Crippen molar-refractivity contribution in [1.82, 2.24) is 15.3 Å². The highest BCUT2D eigenvalue weighted by atomic mass is 32.3. The van der Waals surface area contributed by atoms with Crippen LogP contribution in [0.5, 0.6) is 0 Å². The maximum absolute atomic E-state index is 11.9. The van der Waals surface area contributed by atoms with Crippen LogP contribution in [-0.4, -0.2) is 62.7 Å². The lowest BCUT2D eigenvalue weighted by Gasteiger charge is -2.37. The van der Waals surface area contributed by atoms with Gasteiger partial charge in [-0.2, -0.15) is 10.6 Å². The van der Waals surface area contributed by atoms with E-state index in [0.717, 1.165) is 17.8 Å². The molecule has 1 aromatic heterocycles. The van der Waals surface area contributed by atoms with Crippen molar-refractivity contribution in [2.75, 3.05) is 36.5 Å². The molecule has 4 N–H and O–H groups in total. The fourth-order valence-corrected chi connectivity index (χ4v) is 4.32. The highest BCUT2D eigenvalue weighted by Crippen LogP contribution is 2.47. The van der Waals surface area contributed by atoms with Gasteiger partial charge in [-0.15, -0.1) is 0 Å². The third-order valence-electron chi connectivity index (χ3n) is 5.48. The van der Waals surface area contributed by atoms with Crippen molar-refractivity contribution in [1.29, 1.82) is 0 Å². The van der Waals surface area contributed by atoms with Gasteiger partial charge in [-0.3, -0.25) is 9.11 Å². The molecule has 1 saturated heterocycles. The molecule has 0 spiro atoms. The van der Waals surface area contributed by atoms with Crippen molar-refractivity contribution in [3.8, 4) is 11.4 Å². The lowest BCUT2D eigenvalue weighted by molar-refractivity contribution is 0.0985. The first-order valence-electron chi connectivity index (χ1n) is 11.3. The lowest BCUT2D eigenvalue weighted by atomic mass is 10.2. The van der Waals surface area contributed by atoms with Crippen LogP contribution in [0.2, 0.25) is 0 Å². The Kier molecular flexibility index (Phi) is 8.52. The molecular weight excluding hydrogens is 442 g/mol. The molecule has 182 valence electrons. The van der Waals surface area contributed by atoms with E-state index in [2.05, 4.69) is 27.4 Å². The Balaban J connectivity index is 1.90. The highest BCUT2D eigenvalue weighted by molar-refractivity contribution is 8.24. The zero-order chi connectivity index (χ0) is 24.0. The second kappa shape index (κ2) is 11.1. The molecule has 3 rings (SSSR count). The molecule has 0 unspecified atom stereocenters. The summed E-state index contributed by atoms with van der Waals surface area (Å²) in [5.74, 6) is 1.32. The molecule has 1 aromatic carbocycles. The standard InChI is InChI=1S/C23H35N5O4S/c1-5-10-24-23(29)26-19-8-6-18(7-9-19)22-25-20(15-33(30,31)16(2)3)13-21(27-22)28-11-12-32-14-17(28)4/h6-9,13,16-17,30-31H,5,10-12,14-15H2,1-4H3,(H2,24,26,29)/t17-/m0/s1. The summed E-state index contributed by atoms with van der Waals surface area (Å²) in [4.78, 5) is 23.5. The summed E-state index contributed by atoms with van der Waals surface area (Å²) in [7, 11) is -2.83. The van der Waals surface area contributed by atoms with Crippen molar-refractivity contribution >= 4 is 28.1 Å². The first-order chi connectivity index (χ1) is 15.7. The van der Waals surface area contributed by atoms with Crippen molar-refractivity contribution in [3.05, 3.63) is 36.0 Å². The molecule has 0 radical (unpaired) electrons. The van der Waals surface area contributed by atoms with Gasteiger partial charge in [0.05, 0.1) is 30.7 Å². The summed E-state index contributed by atoms with van der Waals surface area (Å²) >= 11 is 0. The summed E-state index contributed by atoms with van der Waals surface area (Å²) in [6.45, 7) is 10.2. The van der Waals surface area contributed by atoms with Gasteiger partial charge >= 0.3 is 6.03 Å². The van der Waals surface area contributed by atoms with E-state index in [-0.39, 0.29) is 23.1 Å². The van der Waals surface area contributed by atoms with E-state index in [9.17, 15) is 13.9 Å². The first-order valence-corrected chi connectivity index (χ1v) is 13.1. The summed E-state index contributed by atoms with van der Waals surface area (Å²) in [6, 6.07) is 9.04. The molecular formula is C23H35N5O4S. The number of carbonyl (C=O) groups is 1. The number of amides is 2. The molecule has 1 aliphatic heterocycles. The topological polar surface area (TPSA) is 120 Å². The van der Waals surface area contributed by atoms with E-state index in [1.54, 1.807) is 26.0 Å². The Morgan fingerprint density at radius 2 is 2.00 bits per heavy atom. The number of aromatic nitrogens is 2. The van der Waals surface area contributed by atoms with Gasteiger partial charge in [0.25, 0.3) is 0 Å². The number of carbonyl (C=O) groups excluding carboxylic acids is 1. The minimum Gasteiger partial charge on any atom is -0.377 e. The predicted molar refractivity (Wildman–Crippen MR) is 134 cm³/mol. The molecule has 10 heteroatoms. The summed E-state index contributed by atoms with van der Waals surface area (Å²) in [5, 5.41) is 5.31. The van der Waals surface area contributed by atoms with Crippen LogP contribution in [-0.2, 0) is 10.5 Å². The largest absolute Gasteiger partial charge is 0.377 e. The van der Waals surface area contributed by atoms with Crippen LogP contribution in [0.4, 0.5) is 16.3 Å². The Bertz CT molecular complexity index is 939. The number of ether oxygens (including phenoxy) is 1. The Morgan fingerprint density at radius 3 is 2.64 bits per heavy atom. The predicted octanol–water partition coefficient (Wildman–Crippen LogP) is 4.56. The van der Waals surface area contributed by atoms with Gasteiger partial charge in [-0.1, -0.05) is 6.92 Å². The Morgan fingerprint density at radius 1 is 1.27 bits per heavy atom. The number of rotatable bonds is 8. The molecule has 9 nitrogen and oxygen atoms in total. The molecule has 0 saturated carbocycles. The van der Waals surface area contributed by atoms with Crippen molar-refractivity contribution in [3.63, 3.8) is 0 Å². The van der Waals surface area contributed by atoms with Crippen LogP contribution in [0.3, 0.4) is 0 Å². The number of urea groups is 1. The average molecular weight is 478 g/mol. The normalized spacial score (nSPS) is 17.2. The minimum absolute atomic E-state index is 0.0726. The zero-order valence-corrected chi connectivity index (χ0v) is 20.6. The molecule has 0 bridgehead atoms.